The first kappa shape index (κ1) is 45.8. The predicted molar refractivity (Wildman–Crippen MR) is 248 cm³/mol. The fourth-order valence-electron chi connectivity index (χ4n) is 8.06. The summed E-state index contributed by atoms with van der Waals surface area (Å²) in [7, 11) is 2.67. The quantitative estimate of drug-likeness (QED) is 0.0513. The van der Waals surface area contributed by atoms with Crippen molar-refractivity contribution in [3.8, 4) is 10.0 Å². The van der Waals surface area contributed by atoms with Gasteiger partial charge in [0.1, 0.15) is 33.7 Å². The van der Waals surface area contributed by atoms with E-state index in [1.807, 2.05) is 61.1 Å². The topological polar surface area (TPSA) is 182 Å². The molecule has 65 heavy (non-hydrogen) atoms. The van der Waals surface area contributed by atoms with Crippen LogP contribution >= 0.6 is 45.9 Å². The fraction of sp³-hybridized carbons (Fsp3) is 0.348. The first-order chi connectivity index (χ1) is 31.3. The van der Waals surface area contributed by atoms with Crippen molar-refractivity contribution in [1.82, 2.24) is 29.5 Å². The highest BCUT2D eigenvalue weighted by Gasteiger charge is 2.36. The van der Waals surface area contributed by atoms with Crippen LogP contribution in [0.5, 0.6) is 0 Å². The third-order valence-corrected chi connectivity index (χ3v) is 14.4. The molecule has 8 rings (SSSR count). The minimum Gasteiger partial charge on any atom is -0.469 e. The lowest BCUT2D eigenvalue weighted by Gasteiger charge is -2.12. The zero-order valence-corrected chi connectivity index (χ0v) is 39.6. The number of hydrogen-bond donors (Lipinski definition) is 0. The SMILES string of the molecule is COC(=O)CC1N=C(c2ccc(Cl)cc2)c2c(sc(C(=O)CCCOCCCC(=O)c3sc4c(c3C)C(c3ccc(Cl)cc3)=NC(CC(=O)OC)c3nnc(C)n3-4)c2C)-n2c(C)nnc21. The lowest BCUT2D eigenvalue weighted by atomic mass is 9.98. The number of nitrogens with zero attached hydrogens (tertiary/aromatic N) is 8. The highest BCUT2D eigenvalue weighted by atomic mass is 35.5. The third kappa shape index (κ3) is 9.12. The second kappa shape index (κ2) is 19.4. The van der Waals surface area contributed by atoms with Gasteiger partial charge in [0.25, 0.3) is 0 Å². The molecule has 2 unspecified atom stereocenters. The van der Waals surface area contributed by atoms with Crippen molar-refractivity contribution in [2.24, 2.45) is 9.98 Å². The Labute approximate surface area is 392 Å². The number of Topliss-reactive ketones (excluding diaryl/α,β-unsaturated/α-hetero) is 2. The molecular weight excluding hydrogens is 912 g/mol. The molecule has 6 heterocycles. The smallest absolute Gasteiger partial charge is 0.308 e. The van der Waals surface area contributed by atoms with Gasteiger partial charge in [-0.05, 0) is 75.9 Å². The summed E-state index contributed by atoms with van der Waals surface area (Å²) in [5.41, 5.74) is 5.86. The Morgan fingerprint density at radius 2 is 0.985 bits per heavy atom. The molecule has 2 aromatic carbocycles. The monoisotopic (exact) mass is 954 g/mol. The van der Waals surface area contributed by atoms with Crippen LogP contribution in [0.3, 0.4) is 0 Å². The maximum absolute atomic E-state index is 13.9. The number of aliphatic imine (C=N–C) groups is 2. The van der Waals surface area contributed by atoms with Gasteiger partial charge in [-0.15, -0.1) is 43.1 Å². The van der Waals surface area contributed by atoms with E-state index in [4.69, 9.17) is 47.4 Å². The molecule has 0 aliphatic carbocycles. The van der Waals surface area contributed by atoms with Crippen molar-refractivity contribution in [2.45, 2.75) is 78.3 Å². The van der Waals surface area contributed by atoms with Crippen molar-refractivity contribution in [1.29, 1.82) is 0 Å². The molecular formula is C46H44Cl2N8O7S2. The van der Waals surface area contributed by atoms with Gasteiger partial charge in [-0.2, -0.15) is 0 Å². The van der Waals surface area contributed by atoms with Crippen LogP contribution in [0.2, 0.25) is 10.0 Å². The van der Waals surface area contributed by atoms with E-state index in [1.165, 1.54) is 36.9 Å². The van der Waals surface area contributed by atoms with E-state index < -0.39 is 24.0 Å². The Bertz CT molecular complexity index is 2700. The Hall–Kier alpha value is -5.72. The number of methoxy groups -OCH3 is 2. The summed E-state index contributed by atoms with van der Waals surface area (Å²) >= 11 is 15.2. The Kier molecular flexibility index (Phi) is 13.7. The molecule has 0 amide bonds. The molecule has 0 N–H and O–H groups in total. The molecule has 4 aromatic heterocycles. The van der Waals surface area contributed by atoms with Crippen LogP contribution in [-0.4, -0.2) is 91.9 Å². The lowest BCUT2D eigenvalue weighted by Crippen LogP contribution is -2.12. The number of carbonyl (C=O) groups excluding carboxylic acids is 4. The first-order valence-electron chi connectivity index (χ1n) is 20.9. The van der Waals surface area contributed by atoms with Crippen molar-refractivity contribution in [2.75, 3.05) is 27.4 Å². The number of carbonyl (C=O) groups is 4. The zero-order chi connectivity index (χ0) is 46.1. The van der Waals surface area contributed by atoms with Crippen molar-refractivity contribution >= 4 is 80.8 Å². The number of ether oxygens (including phenoxy) is 3. The van der Waals surface area contributed by atoms with Crippen LogP contribution < -0.4 is 0 Å². The van der Waals surface area contributed by atoms with E-state index in [9.17, 15) is 19.2 Å². The van der Waals surface area contributed by atoms with Crippen LogP contribution in [0.4, 0.5) is 0 Å². The van der Waals surface area contributed by atoms with E-state index in [0.29, 0.717) is 80.6 Å². The number of thiophene rings is 2. The minimum absolute atomic E-state index is 0.0363. The zero-order valence-electron chi connectivity index (χ0n) is 36.4. The van der Waals surface area contributed by atoms with Crippen LogP contribution in [0.1, 0.15) is 127 Å². The van der Waals surface area contributed by atoms with E-state index in [1.54, 1.807) is 24.3 Å². The standard InChI is InChI=1S/C46H44Cl2N8O7S2/c1-23-37-39(27-11-15-29(47)16-12-27)49-31(21-35(59)61-5)43-53-51-25(3)55(43)45(37)64-41(23)33(57)9-7-19-63-20-8-10-34(58)42-24(2)38-40(28-13-17-30(48)18-14-28)50-32(22-36(60)62-6)44-54-52-26(4)56(44)46(38)65-42/h11-18,31-32H,7-10,19-22H2,1-6H3. The average Bonchev–Trinajstić information content (AvgIpc) is 4.01. The van der Waals surface area contributed by atoms with Crippen LogP contribution in [-0.2, 0) is 23.8 Å². The molecule has 336 valence electrons. The highest BCUT2D eigenvalue weighted by molar-refractivity contribution is 7.17. The van der Waals surface area contributed by atoms with Gasteiger partial charge in [-0.3, -0.25) is 38.3 Å². The lowest BCUT2D eigenvalue weighted by molar-refractivity contribution is -0.142. The second-order valence-electron chi connectivity index (χ2n) is 15.6. The van der Waals surface area contributed by atoms with Crippen LogP contribution in [0.15, 0.2) is 58.5 Å². The number of ketones is 2. The number of esters is 2. The maximum atomic E-state index is 13.9. The molecule has 0 bridgehead atoms. The number of rotatable bonds is 16. The number of fused-ring (bicyclic) bond motifs is 6. The average molecular weight is 956 g/mol. The van der Waals surface area contributed by atoms with E-state index in [-0.39, 0.29) is 37.2 Å². The summed E-state index contributed by atoms with van der Waals surface area (Å²) in [4.78, 5) is 64.2. The molecule has 0 spiro atoms. The molecule has 2 aliphatic heterocycles. The fourth-order valence-corrected chi connectivity index (χ4v) is 11.0. The Balaban J connectivity index is 0.942. The normalized spacial score (nSPS) is 15.1. The van der Waals surface area contributed by atoms with Gasteiger partial charge in [0.15, 0.2) is 23.2 Å². The summed E-state index contributed by atoms with van der Waals surface area (Å²) < 4.78 is 19.7. The Morgan fingerprint density at radius 3 is 1.35 bits per heavy atom. The van der Waals surface area contributed by atoms with Gasteiger partial charge < -0.3 is 14.2 Å². The number of benzene rings is 2. The van der Waals surface area contributed by atoms with Gasteiger partial charge in [-0.1, -0.05) is 47.5 Å². The molecule has 0 radical (unpaired) electrons. The number of aromatic nitrogens is 6. The molecule has 2 aliphatic rings. The molecule has 2 atom stereocenters. The maximum Gasteiger partial charge on any atom is 0.308 e. The van der Waals surface area contributed by atoms with E-state index in [2.05, 4.69) is 20.4 Å². The largest absolute Gasteiger partial charge is 0.469 e. The highest BCUT2D eigenvalue weighted by Crippen LogP contribution is 2.42. The van der Waals surface area contributed by atoms with Gasteiger partial charge >= 0.3 is 11.9 Å². The molecule has 0 saturated carbocycles. The van der Waals surface area contributed by atoms with Crippen molar-refractivity contribution in [3.63, 3.8) is 0 Å². The van der Waals surface area contributed by atoms with Gasteiger partial charge in [0.05, 0.1) is 48.2 Å². The molecule has 15 nitrogen and oxygen atoms in total. The molecule has 0 saturated heterocycles. The number of hydrogen-bond acceptors (Lipinski definition) is 15. The van der Waals surface area contributed by atoms with E-state index >= 15 is 0 Å². The molecule has 19 heteroatoms. The molecule has 6 aromatic rings. The van der Waals surface area contributed by atoms with Gasteiger partial charge in [0, 0.05) is 58.4 Å². The third-order valence-electron chi connectivity index (χ3n) is 11.3. The molecule has 0 fully saturated rings. The number of halogens is 2. The summed E-state index contributed by atoms with van der Waals surface area (Å²) in [6.07, 6.45) is 1.37. The minimum atomic E-state index is -0.674. The van der Waals surface area contributed by atoms with Crippen LogP contribution in [0.25, 0.3) is 10.0 Å². The summed E-state index contributed by atoms with van der Waals surface area (Å²) in [5.74, 6) is 1.22. The second-order valence-corrected chi connectivity index (χ2v) is 18.5. The Morgan fingerprint density at radius 1 is 0.600 bits per heavy atom. The van der Waals surface area contributed by atoms with Crippen molar-refractivity contribution in [3.05, 3.63) is 125 Å². The van der Waals surface area contributed by atoms with Gasteiger partial charge in [0.2, 0.25) is 0 Å². The number of aryl methyl sites for hydroxylation is 2. The summed E-state index contributed by atoms with van der Waals surface area (Å²) in [6.45, 7) is 8.14. The van der Waals surface area contributed by atoms with Crippen molar-refractivity contribution < 1.29 is 33.4 Å². The van der Waals surface area contributed by atoms with Gasteiger partial charge in [-0.25, -0.2) is 0 Å². The summed E-state index contributed by atoms with van der Waals surface area (Å²) in [5, 5.41) is 20.1. The summed E-state index contributed by atoms with van der Waals surface area (Å²) in [6, 6.07) is 13.2. The van der Waals surface area contributed by atoms with E-state index in [0.717, 1.165) is 43.4 Å². The first-order valence-corrected chi connectivity index (χ1v) is 23.3. The van der Waals surface area contributed by atoms with Crippen LogP contribution in [0, 0.1) is 27.7 Å². The predicted octanol–water partition coefficient (Wildman–Crippen LogP) is 9.06.